The van der Waals surface area contributed by atoms with Gasteiger partial charge in [-0.05, 0) is 50.5 Å². The lowest BCUT2D eigenvalue weighted by molar-refractivity contribution is -0.384. The highest BCUT2D eigenvalue weighted by Gasteiger charge is 2.31. The van der Waals surface area contributed by atoms with E-state index in [1.54, 1.807) is 38.1 Å². The average molecular weight is 535 g/mol. The fourth-order valence-electron chi connectivity index (χ4n) is 3.59. The molecule has 2 aromatic rings. The predicted octanol–water partition coefficient (Wildman–Crippen LogP) is 3.01. The molecule has 2 amide bonds. The number of carbonyl (C=O) groups excluding carboxylic acids is 2. The maximum absolute atomic E-state index is 13.6. The van der Waals surface area contributed by atoms with Crippen molar-refractivity contribution in [1.29, 1.82) is 0 Å². The molecule has 0 bridgehead atoms. The number of hydrogen-bond donors (Lipinski definition) is 1. The second-order valence-corrected chi connectivity index (χ2v) is 10.8. The molecule has 0 aromatic heterocycles. The predicted molar refractivity (Wildman–Crippen MR) is 141 cm³/mol. The van der Waals surface area contributed by atoms with Crippen LogP contribution in [0.15, 0.2) is 42.5 Å². The Morgan fingerprint density at radius 1 is 1.16 bits per heavy atom. The summed E-state index contributed by atoms with van der Waals surface area (Å²) in [7, 11) is -2.51. The Morgan fingerprint density at radius 2 is 1.84 bits per heavy atom. The standard InChI is InChI=1S/C25H34N4O7S/c1-7-18(3)26-25(31)19(4)27(15-20-9-8-10-22(13-20)36-5)24(30)16-28(37(6,34)35)23-14-21(29(32)33)12-11-17(23)2/h8-14,18-19H,7,15-16H2,1-6H3,(H,26,31)/t18-,19-/m1/s1. The molecule has 202 valence electrons. The number of non-ortho nitro benzene ring substituents is 1. The third-order valence-electron chi connectivity index (χ3n) is 6.01. The Hall–Kier alpha value is -3.67. The molecular weight excluding hydrogens is 500 g/mol. The molecule has 0 aliphatic carbocycles. The van der Waals surface area contributed by atoms with E-state index in [2.05, 4.69) is 5.32 Å². The fraction of sp³-hybridized carbons (Fsp3) is 0.440. The van der Waals surface area contributed by atoms with Crippen LogP contribution in [0.5, 0.6) is 5.75 Å². The Labute approximate surface area is 217 Å². The smallest absolute Gasteiger partial charge is 0.271 e. The van der Waals surface area contributed by atoms with Gasteiger partial charge in [0.25, 0.3) is 5.69 Å². The summed E-state index contributed by atoms with van der Waals surface area (Å²) in [6, 6.07) is 9.73. The van der Waals surface area contributed by atoms with E-state index in [0.717, 1.165) is 16.6 Å². The van der Waals surface area contributed by atoms with Gasteiger partial charge in [-0.2, -0.15) is 0 Å². The number of nitro groups is 1. The summed E-state index contributed by atoms with van der Waals surface area (Å²) in [5.41, 5.74) is 0.818. The van der Waals surface area contributed by atoms with Crippen LogP contribution in [0.25, 0.3) is 0 Å². The molecule has 0 unspecified atom stereocenters. The zero-order valence-electron chi connectivity index (χ0n) is 21.9. The van der Waals surface area contributed by atoms with Gasteiger partial charge < -0.3 is 15.0 Å². The first kappa shape index (κ1) is 29.6. The van der Waals surface area contributed by atoms with Crippen molar-refractivity contribution in [3.05, 3.63) is 63.7 Å². The summed E-state index contributed by atoms with van der Waals surface area (Å²) in [6.07, 6.45) is 1.61. The molecule has 0 radical (unpaired) electrons. The van der Waals surface area contributed by atoms with E-state index in [4.69, 9.17) is 4.74 Å². The van der Waals surface area contributed by atoms with Gasteiger partial charge in [0.1, 0.15) is 18.3 Å². The number of amides is 2. The second-order valence-electron chi connectivity index (χ2n) is 8.86. The topological polar surface area (TPSA) is 139 Å². The Balaban J connectivity index is 2.49. The molecule has 0 spiro atoms. The lowest BCUT2D eigenvalue weighted by Crippen LogP contribution is -2.52. The second kappa shape index (κ2) is 12.5. The summed E-state index contributed by atoms with van der Waals surface area (Å²) in [4.78, 5) is 38.6. The van der Waals surface area contributed by atoms with Crippen molar-refractivity contribution in [2.24, 2.45) is 0 Å². The highest BCUT2D eigenvalue weighted by molar-refractivity contribution is 7.92. The number of benzene rings is 2. The van der Waals surface area contributed by atoms with Gasteiger partial charge in [-0.3, -0.25) is 24.0 Å². The van der Waals surface area contributed by atoms with Crippen LogP contribution in [0.3, 0.4) is 0 Å². The first-order valence-corrected chi connectivity index (χ1v) is 13.6. The lowest BCUT2D eigenvalue weighted by Gasteiger charge is -2.32. The molecule has 0 saturated carbocycles. The van der Waals surface area contributed by atoms with Crippen LogP contribution in [-0.2, 0) is 26.2 Å². The number of nitro benzene ring substituents is 1. The van der Waals surface area contributed by atoms with Crippen molar-refractivity contribution in [3.8, 4) is 5.75 Å². The third kappa shape index (κ3) is 7.91. The van der Waals surface area contributed by atoms with Crippen LogP contribution in [0, 0.1) is 17.0 Å². The van der Waals surface area contributed by atoms with Crippen molar-refractivity contribution in [1.82, 2.24) is 10.2 Å². The average Bonchev–Trinajstić information content (AvgIpc) is 2.84. The molecule has 12 heteroatoms. The number of sulfonamides is 1. The Kier molecular flexibility index (Phi) is 10.0. The quantitative estimate of drug-likeness (QED) is 0.326. The van der Waals surface area contributed by atoms with E-state index in [1.807, 2.05) is 13.8 Å². The molecule has 0 heterocycles. The number of ether oxygens (including phenoxy) is 1. The first-order chi connectivity index (χ1) is 17.3. The van der Waals surface area contributed by atoms with Crippen molar-refractivity contribution in [2.45, 2.75) is 52.7 Å². The van der Waals surface area contributed by atoms with Gasteiger partial charge in [0.2, 0.25) is 21.8 Å². The summed E-state index contributed by atoms with van der Waals surface area (Å²) in [6.45, 7) is 6.29. The minimum atomic E-state index is -4.02. The fourth-order valence-corrected chi connectivity index (χ4v) is 4.49. The Morgan fingerprint density at radius 3 is 2.41 bits per heavy atom. The van der Waals surface area contributed by atoms with E-state index in [9.17, 15) is 28.1 Å². The molecule has 11 nitrogen and oxygen atoms in total. The van der Waals surface area contributed by atoms with Crippen LogP contribution >= 0.6 is 0 Å². The van der Waals surface area contributed by atoms with Gasteiger partial charge >= 0.3 is 0 Å². The number of aryl methyl sites for hydroxylation is 1. The lowest BCUT2D eigenvalue weighted by atomic mass is 10.1. The number of nitrogens with one attached hydrogen (secondary N) is 1. The normalized spacial score (nSPS) is 12.8. The number of carbonyl (C=O) groups is 2. The highest BCUT2D eigenvalue weighted by Crippen LogP contribution is 2.28. The number of anilines is 1. The van der Waals surface area contributed by atoms with Gasteiger partial charge in [0.15, 0.2) is 0 Å². The van der Waals surface area contributed by atoms with Gasteiger partial charge in [0, 0.05) is 24.7 Å². The minimum absolute atomic E-state index is 0.0106. The van der Waals surface area contributed by atoms with Crippen LogP contribution in [0.2, 0.25) is 0 Å². The van der Waals surface area contributed by atoms with Gasteiger partial charge in [0.05, 0.1) is 24.0 Å². The summed E-state index contributed by atoms with van der Waals surface area (Å²) < 4.78 is 31.6. The maximum Gasteiger partial charge on any atom is 0.271 e. The summed E-state index contributed by atoms with van der Waals surface area (Å²) in [5, 5.41) is 14.2. The van der Waals surface area contributed by atoms with E-state index < -0.39 is 33.4 Å². The van der Waals surface area contributed by atoms with Gasteiger partial charge in [-0.1, -0.05) is 25.1 Å². The van der Waals surface area contributed by atoms with E-state index in [1.165, 1.54) is 24.1 Å². The summed E-state index contributed by atoms with van der Waals surface area (Å²) >= 11 is 0. The molecular formula is C25H34N4O7S. The SMILES string of the molecule is CC[C@@H](C)NC(=O)[C@@H](C)N(Cc1cccc(OC)c1)C(=O)CN(c1cc([N+](=O)[O-])ccc1C)S(C)(=O)=O. The summed E-state index contributed by atoms with van der Waals surface area (Å²) in [5.74, 6) is -0.472. The first-order valence-electron chi connectivity index (χ1n) is 11.7. The van der Waals surface area contributed by atoms with Crippen molar-refractivity contribution < 1.29 is 27.7 Å². The van der Waals surface area contributed by atoms with Crippen LogP contribution in [0.1, 0.15) is 38.3 Å². The van der Waals surface area contributed by atoms with E-state index in [0.29, 0.717) is 23.3 Å². The molecule has 0 fully saturated rings. The Bertz CT molecular complexity index is 1250. The molecule has 0 saturated heterocycles. The van der Waals surface area contributed by atoms with E-state index >= 15 is 0 Å². The molecule has 1 N–H and O–H groups in total. The number of rotatable bonds is 12. The maximum atomic E-state index is 13.6. The molecule has 2 rings (SSSR count). The largest absolute Gasteiger partial charge is 0.497 e. The number of methoxy groups -OCH3 is 1. The molecule has 2 aromatic carbocycles. The van der Waals surface area contributed by atoms with Gasteiger partial charge in [-0.15, -0.1) is 0 Å². The molecule has 0 aliphatic heterocycles. The zero-order chi connectivity index (χ0) is 27.9. The van der Waals surface area contributed by atoms with Gasteiger partial charge in [-0.25, -0.2) is 8.42 Å². The van der Waals surface area contributed by atoms with Crippen LogP contribution in [-0.4, -0.2) is 62.0 Å². The molecule has 2 atom stereocenters. The zero-order valence-corrected chi connectivity index (χ0v) is 22.7. The molecule has 0 aliphatic rings. The van der Waals surface area contributed by atoms with Crippen molar-refractivity contribution in [3.63, 3.8) is 0 Å². The van der Waals surface area contributed by atoms with Crippen molar-refractivity contribution in [2.75, 3.05) is 24.2 Å². The number of hydrogen-bond acceptors (Lipinski definition) is 7. The van der Waals surface area contributed by atoms with Crippen molar-refractivity contribution >= 4 is 33.2 Å². The third-order valence-corrected chi connectivity index (χ3v) is 7.13. The minimum Gasteiger partial charge on any atom is -0.497 e. The van der Waals surface area contributed by atoms with Crippen LogP contribution in [0.4, 0.5) is 11.4 Å². The van der Waals surface area contributed by atoms with Crippen LogP contribution < -0.4 is 14.4 Å². The monoisotopic (exact) mass is 534 g/mol. The number of nitrogens with zero attached hydrogens (tertiary/aromatic N) is 3. The van der Waals surface area contributed by atoms with E-state index in [-0.39, 0.29) is 29.9 Å². The highest BCUT2D eigenvalue weighted by atomic mass is 32.2. The molecule has 37 heavy (non-hydrogen) atoms.